The second-order valence-corrected chi connectivity index (χ2v) is 7.47. The third-order valence-electron chi connectivity index (χ3n) is 5.22. The summed E-state index contributed by atoms with van der Waals surface area (Å²) in [6, 6.07) is 10.2. The van der Waals surface area contributed by atoms with Gasteiger partial charge in [0.05, 0.1) is 12.1 Å². The Balaban J connectivity index is 1.61. The number of benzene rings is 1. The average Bonchev–Trinajstić information content (AvgIpc) is 2.65. The molecule has 0 radical (unpaired) electrons. The van der Waals surface area contributed by atoms with Gasteiger partial charge in [0.15, 0.2) is 0 Å². The Kier molecular flexibility index (Phi) is 5.96. The van der Waals surface area contributed by atoms with Gasteiger partial charge in [-0.25, -0.2) is 4.98 Å². The van der Waals surface area contributed by atoms with Crippen molar-refractivity contribution in [3.8, 4) is 6.07 Å². The summed E-state index contributed by atoms with van der Waals surface area (Å²) < 4.78 is 0. The van der Waals surface area contributed by atoms with E-state index in [-0.39, 0.29) is 5.91 Å². The molecular weight excluding hydrogens is 350 g/mol. The molecule has 0 unspecified atom stereocenters. The number of aryl methyl sites for hydroxylation is 4. The number of nitrogens with zero attached hydrogens (tertiary/aromatic N) is 4. The third-order valence-corrected chi connectivity index (χ3v) is 5.22. The minimum atomic E-state index is 0.00749. The Labute approximate surface area is 166 Å². The number of amides is 1. The maximum absolute atomic E-state index is 12.5. The second-order valence-electron chi connectivity index (χ2n) is 7.47. The highest BCUT2D eigenvalue weighted by atomic mass is 16.2. The summed E-state index contributed by atoms with van der Waals surface area (Å²) in [6.07, 6.45) is 0. The van der Waals surface area contributed by atoms with Crippen molar-refractivity contribution in [2.45, 2.75) is 27.7 Å². The molecule has 0 saturated carbocycles. The van der Waals surface area contributed by atoms with Gasteiger partial charge in [-0.3, -0.25) is 9.69 Å². The number of carbonyl (C=O) groups is 1. The summed E-state index contributed by atoms with van der Waals surface area (Å²) in [7, 11) is 0. The van der Waals surface area contributed by atoms with Gasteiger partial charge in [0.2, 0.25) is 5.91 Å². The van der Waals surface area contributed by atoms with Crippen molar-refractivity contribution in [3.63, 3.8) is 0 Å². The van der Waals surface area contributed by atoms with Crippen LogP contribution in [0.15, 0.2) is 24.3 Å². The molecule has 1 N–H and O–H groups in total. The van der Waals surface area contributed by atoms with Crippen LogP contribution >= 0.6 is 0 Å². The van der Waals surface area contributed by atoms with Gasteiger partial charge in [0.1, 0.15) is 11.9 Å². The Morgan fingerprint density at radius 2 is 1.75 bits per heavy atom. The van der Waals surface area contributed by atoms with Crippen molar-refractivity contribution in [1.82, 2.24) is 9.88 Å². The molecule has 6 heteroatoms. The van der Waals surface area contributed by atoms with Crippen molar-refractivity contribution in [3.05, 3.63) is 52.2 Å². The van der Waals surface area contributed by atoms with Crippen LogP contribution in [0.25, 0.3) is 0 Å². The summed E-state index contributed by atoms with van der Waals surface area (Å²) in [4.78, 5) is 21.4. The molecule has 1 fully saturated rings. The predicted octanol–water partition coefficient (Wildman–Crippen LogP) is 2.95. The maximum atomic E-state index is 12.5. The molecule has 0 bridgehead atoms. The molecule has 0 atom stereocenters. The number of pyridine rings is 1. The van der Waals surface area contributed by atoms with Crippen molar-refractivity contribution < 1.29 is 4.79 Å². The van der Waals surface area contributed by atoms with Gasteiger partial charge >= 0.3 is 0 Å². The van der Waals surface area contributed by atoms with Crippen LogP contribution in [0.3, 0.4) is 0 Å². The zero-order valence-electron chi connectivity index (χ0n) is 17.0. The summed E-state index contributed by atoms with van der Waals surface area (Å²) in [5.74, 6) is 0.771. The molecule has 0 spiro atoms. The van der Waals surface area contributed by atoms with E-state index < -0.39 is 0 Å². The van der Waals surface area contributed by atoms with Gasteiger partial charge in [-0.1, -0.05) is 18.2 Å². The molecule has 0 aliphatic carbocycles. The number of carbonyl (C=O) groups excluding carboxylic acids is 1. The smallest absolute Gasteiger partial charge is 0.238 e. The van der Waals surface area contributed by atoms with E-state index in [1.54, 1.807) is 0 Å². The number of nitrogens with one attached hydrogen (secondary N) is 1. The van der Waals surface area contributed by atoms with Crippen LogP contribution in [0.5, 0.6) is 0 Å². The van der Waals surface area contributed by atoms with Crippen LogP contribution in [0, 0.1) is 39.0 Å². The Morgan fingerprint density at radius 3 is 2.36 bits per heavy atom. The number of hydrogen-bond acceptors (Lipinski definition) is 5. The minimum Gasteiger partial charge on any atom is -0.353 e. The van der Waals surface area contributed by atoms with E-state index in [9.17, 15) is 10.1 Å². The highest BCUT2D eigenvalue weighted by molar-refractivity contribution is 5.93. The number of hydrogen-bond donors (Lipinski definition) is 1. The monoisotopic (exact) mass is 377 g/mol. The predicted molar refractivity (Wildman–Crippen MR) is 112 cm³/mol. The van der Waals surface area contributed by atoms with E-state index >= 15 is 0 Å². The molecule has 1 aromatic carbocycles. The number of piperazine rings is 1. The molecule has 1 amide bonds. The zero-order chi connectivity index (χ0) is 20.3. The summed E-state index contributed by atoms with van der Waals surface area (Å²) >= 11 is 0. The summed E-state index contributed by atoms with van der Waals surface area (Å²) in [5.41, 5.74) is 5.57. The van der Waals surface area contributed by atoms with E-state index in [2.05, 4.69) is 26.2 Å². The molecule has 1 aliphatic heterocycles. The van der Waals surface area contributed by atoms with Gasteiger partial charge in [-0.15, -0.1) is 0 Å². The first-order valence-corrected chi connectivity index (χ1v) is 9.60. The molecule has 1 aromatic heterocycles. The van der Waals surface area contributed by atoms with Gasteiger partial charge in [0, 0.05) is 37.6 Å². The van der Waals surface area contributed by atoms with Crippen molar-refractivity contribution in [2.24, 2.45) is 0 Å². The van der Waals surface area contributed by atoms with Gasteiger partial charge in [-0.05, 0) is 50.5 Å². The van der Waals surface area contributed by atoms with Gasteiger partial charge in [0.25, 0.3) is 0 Å². The van der Waals surface area contributed by atoms with Crippen LogP contribution in [-0.4, -0.2) is 48.5 Å². The lowest BCUT2D eigenvalue weighted by Crippen LogP contribution is -2.49. The largest absolute Gasteiger partial charge is 0.353 e. The normalized spacial score (nSPS) is 14.6. The molecule has 28 heavy (non-hydrogen) atoms. The number of aromatic nitrogens is 1. The maximum Gasteiger partial charge on any atom is 0.238 e. The molecule has 2 aromatic rings. The fraction of sp³-hybridized carbons (Fsp3) is 0.409. The fourth-order valence-corrected chi connectivity index (χ4v) is 3.70. The highest BCUT2D eigenvalue weighted by Gasteiger charge is 2.23. The Hall–Kier alpha value is -2.91. The zero-order valence-corrected chi connectivity index (χ0v) is 17.0. The topological polar surface area (TPSA) is 72.3 Å². The molecular formula is C22H27N5O. The van der Waals surface area contributed by atoms with Crippen molar-refractivity contribution in [2.75, 3.05) is 42.9 Å². The van der Waals surface area contributed by atoms with Crippen molar-refractivity contribution in [1.29, 1.82) is 5.26 Å². The molecule has 2 heterocycles. The van der Waals surface area contributed by atoms with E-state index in [1.807, 2.05) is 52.0 Å². The van der Waals surface area contributed by atoms with Crippen LogP contribution in [0.4, 0.5) is 11.5 Å². The minimum absolute atomic E-state index is 0.00749. The lowest BCUT2D eigenvalue weighted by Gasteiger charge is -2.35. The van der Waals surface area contributed by atoms with Crippen LogP contribution < -0.4 is 10.2 Å². The van der Waals surface area contributed by atoms with Crippen molar-refractivity contribution >= 4 is 17.4 Å². The SMILES string of the molecule is Cc1cc(C)c(C#N)c(N2CCN(CC(=O)Nc3c(C)cccc3C)CC2)n1. The molecule has 1 saturated heterocycles. The average molecular weight is 377 g/mol. The number of nitriles is 1. The Morgan fingerprint density at radius 1 is 1.11 bits per heavy atom. The van der Waals surface area contributed by atoms with E-state index in [1.165, 1.54) is 0 Å². The van der Waals surface area contributed by atoms with Crippen LogP contribution in [0.1, 0.15) is 27.9 Å². The molecule has 1 aliphatic rings. The number of rotatable bonds is 4. The van der Waals surface area contributed by atoms with Crippen LogP contribution in [-0.2, 0) is 4.79 Å². The standard InChI is InChI=1S/C22H27N5O/c1-15-6-5-7-16(2)21(15)25-20(28)14-26-8-10-27(11-9-26)22-19(13-23)17(3)12-18(4)24-22/h5-7,12H,8-11,14H2,1-4H3,(H,25,28). The first-order valence-electron chi connectivity index (χ1n) is 9.60. The Bertz CT molecular complexity index is 903. The lowest BCUT2D eigenvalue weighted by atomic mass is 10.1. The number of anilines is 2. The first kappa shape index (κ1) is 19.8. The summed E-state index contributed by atoms with van der Waals surface area (Å²) in [6.45, 7) is 11.3. The van der Waals surface area contributed by atoms with E-state index in [4.69, 9.17) is 0 Å². The van der Waals surface area contributed by atoms with E-state index in [0.29, 0.717) is 12.1 Å². The second kappa shape index (κ2) is 8.41. The molecule has 3 rings (SSSR count). The quantitative estimate of drug-likeness (QED) is 0.887. The number of para-hydroxylation sites is 1. The molecule has 6 nitrogen and oxygen atoms in total. The molecule has 146 valence electrons. The van der Waals surface area contributed by atoms with Gasteiger partial charge in [-0.2, -0.15) is 5.26 Å². The summed E-state index contributed by atoms with van der Waals surface area (Å²) in [5, 5.41) is 12.5. The highest BCUT2D eigenvalue weighted by Crippen LogP contribution is 2.23. The van der Waals surface area contributed by atoms with Gasteiger partial charge < -0.3 is 10.2 Å². The van der Waals surface area contributed by atoms with E-state index in [0.717, 1.165) is 60.1 Å². The van der Waals surface area contributed by atoms with Crippen LogP contribution in [0.2, 0.25) is 0 Å². The third kappa shape index (κ3) is 4.32. The first-order chi connectivity index (χ1) is 13.4. The lowest BCUT2D eigenvalue weighted by molar-refractivity contribution is -0.117. The fourth-order valence-electron chi connectivity index (χ4n) is 3.70.